The lowest BCUT2D eigenvalue weighted by Gasteiger charge is -2.37. The standard InChI is InChI=1S/C25H29N3O6S/c29-24(19-8-10-20(11-9-19)35(31,32)27-14-16-33-17-15-27)28-18-23(25(30)26-12-4-1-5-13-26)34-22-7-3-2-6-21(22)28/h2-3,6-11,23H,1,4-5,12-18H2. The smallest absolute Gasteiger partial charge is 0.265 e. The Morgan fingerprint density at radius 2 is 1.54 bits per heavy atom. The van der Waals surface area contributed by atoms with E-state index in [1.165, 1.54) is 28.6 Å². The van der Waals surface area contributed by atoms with Gasteiger partial charge in [-0.05, 0) is 55.7 Å². The molecule has 0 saturated carbocycles. The SMILES string of the molecule is O=C(C1CN(C(=O)c2ccc(S(=O)(=O)N3CCOCC3)cc2)c2ccccc2O1)N1CCCCC1. The number of anilines is 1. The molecule has 0 bridgehead atoms. The van der Waals surface area contributed by atoms with E-state index in [0.29, 0.717) is 56.4 Å². The molecule has 1 unspecified atom stereocenters. The molecule has 1 atom stereocenters. The quantitative estimate of drug-likeness (QED) is 0.640. The molecule has 0 radical (unpaired) electrons. The summed E-state index contributed by atoms with van der Waals surface area (Å²) in [6.07, 6.45) is 2.27. The number of hydrogen-bond acceptors (Lipinski definition) is 6. The third-order valence-electron chi connectivity index (χ3n) is 6.67. The molecule has 0 aromatic heterocycles. The van der Waals surface area contributed by atoms with E-state index in [-0.39, 0.29) is 23.3 Å². The van der Waals surface area contributed by atoms with Gasteiger partial charge in [-0.2, -0.15) is 4.31 Å². The lowest BCUT2D eigenvalue weighted by atomic mass is 10.1. The molecule has 9 nitrogen and oxygen atoms in total. The monoisotopic (exact) mass is 499 g/mol. The van der Waals surface area contributed by atoms with Crippen molar-refractivity contribution in [1.29, 1.82) is 0 Å². The van der Waals surface area contributed by atoms with E-state index in [4.69, 9.17) is 9.47 Å². The molecule has 10 heteroatoms. The average Bonchev–Trinajstić information content (AvgIpc) is 2.92. The average molecular weight is 500 g/mol. The molecular weight excluding hydrogens is 470 g/mol. The van der Waals surface area contributed by atoms with Crippen LogP contribution in [0.25, 0.3) is 0 Å². The number of amides is 2. The molecule has 3 aliphatic rings. The van der Waals surface area contributed by atoms with Gasteiger partial charge < -0.3 is 19.3 Å². The van der Waals surface area contributed by atoms with Crippen LogP contribution in [-0.2, 0) is 19.6 Å². The molecule has 3 aliphatic heterocycles. The first-order chi connectivity index (χ1) is 16.9. The highest BCUT2D eigenvalue weighted by molar-refractivity contribution is 7.89. The van der Waals surface area contributed by atoms with Gasteiger partial charge in [0.05, 0.1) is 30.3 Å². The van der Waals surface area contributed by atoms with E-state index < -0.39 is 16.1 Å². The first kappa shape index (κ1) is 23.8. The van der Waals surface area contributed by atoms with E-state index in [2.05, 4.69) is 0 Å². The molecule has 5 rings (SSSR count). The summed E-state index contributed by atoms with van der Waals surface area (Å²) in [4.78, 5) is 30.2. The molecule has 3 heterocycles. The number of rotatable bonds is 4. The molecule has 2 amide bonds. The highest BCUT2D eigenvalue weighted by Gasteiger charge is 2.37. The zero-order valence-corrected chi connectivity index (χ0v) is 20.3. The van der Waals surface area contributed by atoms with Gasteiger partial charge >= 0.3 is 0 Å². The topological polar surface area (TPSA) is 96.5 Å². The zero-order chi connectivity index (χ0) is 24.4. The van der Waals surface area contributed by atoms with Crippen molar-refractivity contribution in [3.05, 3.63) is 54.1 Å². The van der Waals surface area contributed by atoms with Crippen LogP contribution < -0.4 is 9.64 Å². The number of para-hydroxylation sites is 2. The van der Waals surface area contributed by atoms with E-state index in [9.17, 15) is 18.0 Å². The van der Waals surface area contributed by atoms with Crippen LogP contribution >= 0.6 is 0 Å². The first-order valence-electron chi connectivity index (χ1n) is 12.0. The van der Waals surface area contributed by atoms with Gasteiger partial charge in [-0.25, -0.2) is 8.42 Å². The lowest BCUT2D eigenvalue weighted by molar-refractivity contribution is -0.139. The zero-order valence-electron chi connectivity index (χ0n) is 19.5. The van der Waals surface area contributed by atoms with Crippen molar-refractivity contribution < 1.29 is 27.5 Å². The van der Waals surface area contributed by atoms with Crippen LogP contribution in [0.5, 0.6) is 5.75 Å². The van der Waals surface area contributed by atoms with Gasteiger partial charge in [0.25, 0.3) is 11.8 Å². The summed E-state index contributed by atoms with van der Waals surface area (Å²) in [5.74, 6) is 0.0606. The van der Waals surface area contributed by atoms with Gasteiger partial charge in [0, 0.05) is 31.7 Å². The molecular formula is C25H29N3O6S. The number of sulfonamides is 1. The minimum Gasteiger partial charge on any atom is -0.476 e. The Hall–Kier alpha value is -2.95. The molecule has 2 aromatic rings. The van der Waals surface area contributed by atoms with Crippen molar-refractivity contribution in [2.45, 2.75) is 30.3 Å². The molecule has 0 spiro atoms. The molecule has 2 aromatic carbocycles. The Bertz CT molecular complexity index is 1190. The number of piperidine rings is 1. The molecule has 0 aliphatic carbocycles. The summed E-state index contributed by atoms with van der Waals surface area (Å²) in [5.41, 5.74) is 0.928. The largest absolute Gasteiger partial charge is 0.476 e. The van der Waals surface area contributed by atoms with Crippen molar-refractivity contribution in [1.82, 2.24) is 9.21 Å². The van der Waals surface area contributed by atoms with Crippen molar-refractivity contribution in [3.8, 4) is 5.75 Å². The van der Waals surface area contributed by atoms with Crippen LogP contribution in [0.15, 0.2) is 53.4 Å². The summed E-state index contributed by atoms with van der Waals surface area (Å²) in [7, 11) is -3.65. The molecule has 2 saturated heterocycles. The second kappa shape index (κ2) is 9.96. The Morgan fingerprint density at radius 1 is 0.857 bits per heavy atom. The maximum Gasteiger partial charge on any atom is 0.265 e. The Morgan fingerprint density at radius 3 is 2.26 bits per heavy atom. The second-order valence-electron chi connectivity index (χ2n) is 8.92. The van der Waals surface area contributed by atoms with Crippen molar-refractivity contribution in [2.24, 2.45) is 0 Å². The van der Waals surface area contributed by atoms with Gasteiger partial charge in [-0.1, -0.05) is 12.1 Å². The van der Waals surface area contributed by atoms with Crippen LogP contribution in [0.1, 0.15) is 29.6 Å². The van der Waals surface area contributed by atoms with Crippen LogP contribution in [-0.4, -0.2) is 81.5 Å². The minimum absolute atomic E-state index is 0.0962. The number of morpholine rings is 1. The van der Waals surface area contributed by atoms with E-state index in [1.807, 2.05) is 11.0 Å². The molecule has 35 heavy (non-hydrogen) atoms. The number of fused-ring (bicyclic) bond motifs is 1. The fourth-order valence-corrected chi connectivity index (χ4v) is 6.14. The lowest BCUT2D eigenvalue weighted by Crippen LogP contribution is -2.52. The van der Waals surface area contributed by atoms with Crippen LogP contribution in [0, 0.1) is 0 Å². The number of carbonyl (C=O) groups excluding carboxylic acids is 2. The summed E-state index contributed by atoms with van der Waals surface area (Å²) in [6, 6.07) is 13.1. The fourth-order valence-electron chi connectivity index (χ4n) is 4.73. The van der Waals surface area contributed by atoms with Gasteiger partial charge in [0.2, 0.25) is 10.0 Å². The van der Waals surface area contributed by atoms with Crippen molar-refractivity contribution in [2.75, 3.05) is 50.8 Å². The number of carbonyl (C=O) groups is 2. The summed E-state index contributed by atoms with van der Waals surface area (Å²) >= 11 is 0. The van der Waals surface area contributed by atoms with Crippen molar-refractivity contribution in [3.63, 3.8) is 0 Å². The van der Waals surface area contributed by atoms with Crippen LogP contribution in [0.3, 0.4) is 0 Å². The third-order valence-corrected chi connectivity index (χ3v) is 8.58. The maximum absolute atomic E-state index is 13.5. The Kier molecular flexibility index (Phi) is 6.77. The first-order valence-corrected chi connectivity index (χ1v) is 13.4. The van der Waals surface area contributed by atoms with E-state index in [1.54, 1.807) is 23.1 Å². The minimum atomic E-state index is -3.65. The van der Waals surface area contributed by atoms with Gasteiger partial charge in [0.15, 0.2) is 6.10 Å². The van der Waals surface area contributed by atoms with Crippen LogP contribution in [0.4, 0.5) is 5.69 Å². The highest BCUT2D eigenvalue weighted by Crippen LogP contribution is 2.35. The van der Waals surface area contributed by atoms with E-state index in [0.717, 1.165) is 19.3 Å². The van der Waals surface area contributed by atoms with E-state index >= 15 is 0 Å². The predicted molar refractivity (Wildman–Crippen MR) is 129 cm³/mol. The van der Waals surface area contributed by atoms with Crippen LogP contribution in [0.2, 0.25) is 0 Å². The Balaban J connectivity index is 1.38. The molecule has 0 N–H and O–H groups in total. The molecule has 2 fully saturated rings. The predicted octanol–water partition coefficient (Wildman–Crippen LogP) is 2.13. The summed E-state index contributed by atoms with van der Waals surface area (Å²) in [5, 5.41) is 0. The highest BCUT2D eigenvalue weighted by atomic mass is 32.2. The third kappa shape index (κ3) is 4.78. The second-order valence-corrected chi connectivity index (χ2v) is 10.9. The number of likely N-dealkylation sites (tertiary alicyclic amines) is 1. The maximum atomic E-state index is 13.5. The summed E-state index contributed by atoms with van der Waals surface area (Å²) in [6.45, 7) is 2.84. The number of ether oxygens (including phenoxy) is 2. The Labute approximate surface area is 205 Å². The summed E-state index contributed by atoms with van der Waals surface area (Å²) < 4.78 is 38.5. The normalized spacial score (nSPS) is 21.2. The number of benzene rings is 2. The van der Waals surface area contributed by atoms with Crippen molar-refractivity contribution >= 4 is 27.5 Å². The van der Waals surface area contributed by atoms with Gasteiger partial charge in [0.1, 0.15) is 5.75 Å². The number of nitrogens with zero attached hydrogens (tertiary/aromatic N) is 3. The number of hydrogen-bond donors (Lipinski definition) is 0. The molecule has 186 valence electrons. The van der Waals surface area contributed by atoms with Gasteiger partial charge in [-0.15, -0.1) is 0 Å². The van der Waals surface area contributed by atoms with Gasteiger partial charge in [-0.3, -0.25) is 9.59 Å². The fraction of sp³-hybridized carbons (Fsp3) is 0.440.